The van der Waals surface area contributed by atoms with E-state index < -0.39 is 87.0 Å². The monoisotopic (exact) mass is 608 g/mol. The van der Waals surface area contributed by atoms with Gasteiger partial charge in [-0.25, -0.2) is 22.5 Å². The smallest absolute Gasteiger partial charge is 0.418 e. The molecule has 0 saturated carbocycles. The molecule has 8 nitrogen and oxygen atoms in total. The van der Waals surface area contributed by atoms with Gasteiger partial charge >= 0.3 is 12.2 Å². The fourth-order valence-electron chi connectivity index (χ4n) is 5.72. The summed E-state index contributed by atoms with van der Waals surface area (Å²) in [5.41, 5.74) is 0.522. The summed E-state index contributed by atoms with van der Waals surface area (Å²) in [6.45, 7) is 0.842. The summed E-state index contributed by atoms with van der Waals surface area (Å²) in [6, 6.07) is 0.410. The molecule has 0 unspecified atom stereocenters. The van der Waals surface area contributed by atoms with Crippen LogP contribution < -0.4 is 15.8 Å². The van der Waals surface area contributed by atoms with Crippen LogP contribution in [0.3, 0.4) is 0 Å². The van der Waals surface area contributed by atoms with Crippen molar-refractivity contribution in [3.63, 3.8) is 0 Å². The molecule has 222 valence electrons. The van der Waals surface area contributed by atoms with Crippen molar-refractivity contribution in [1.82, 2.24) is 19.9 Å². The van der Waals surface area contributed by atoms with E-state index in [-0.39, 0.29) is 31.0 Å². The molecule has 2 fully saturated rings. The molecular weight excluding hydrogens is 585 g/mol. The molecule has 16 heteroatoms. The number of alkyl halides is 6. The average Bonchev–Trinajstić information content (AvgIpc) is 3.39. The minimum atomic E-state index is -5.02. The second kappa shape index (κ2) is 10.5. The number of aryl methyl sites for hydroxylation is 1. The minimum absolute atomic E-state index is 0.116. The molecule has 0 aliphatic carbocycles. The number of rotatable bonds is 7. The van der Waals surface area contributed by atoms with Gasteiger partial charge in [0.15, 0.2) is 5.82 Å². The van der Waals surface area contributed by atoms with Gasteiger partial charge < -0.3 is 20.9 Å². The lowest BCUT2D eigenvalue weighted by atomic mass is 9.95. The maximum atomic E-state index is 16.2. The molecule has 1 aromatic carbocycles. The van der Waals surface area contributed by atoms with E-state index in [4.69, 9.17) is 22.1 Å². The number of benzene rings is 1. The van der Waals surface area contributed by atoms with Gasteiger partial charge in [0.2, 0.25) is 0 Å². The summed E-state index contributed by atoms with van der Waals surface area (Å²) >= 11 is 6.19. The molecule has 4 heterocycles. The predicted octanol–water partition coefficient (Wildman–Crippen LogP) is 5.73. The Labute approximate surface area is 233 Å². The first-order valence-electron chi connectivity index (χ1n) is 12.5. The largest absolute Gasteiger partial charge is 0.506 e. The van der Waals surface area contributed by atoms with Gasteiger partial charge in [-0.05, 0) is 37.9 Å². The van der Waals surface area contributed by atoms with Crippen LogP contribution in [-0.4, -0.2) is 69.3 Å². The van der Waals surface area contributed by atoms with Crippen LogP contribution in [0.15, 0.2) is 6.07 Å². The quantitative estimate of drug-likeness (QED) is 0.292. The van der Waals surface area contributed by atoms with Gasteiger partial charge in [-0.1, -0.05) is 11.6 Å². The number of nitrogens with one attached hydrogen (secondary N) is 1. The van der Waals surface area contributed by atoms with Crippen LogP contribution in [0.1, 0.15) is 30.4 Å². The number of fused-ring (bicyclic) bond motifs is 2. The van der Waals surface area contributed by atoms with Crippen molar-refractivity contribution in [2.45, 2.75) is 50.5 Å². The van der Waals surface area contributed by atoms with Crippen molar-refractivity contribution in [1.29, 1.82) is 0 Å². The van der Waals surface area contributed by atoms with Crippen molar-refractivity contribution in [3.8, 4) is 23.0 Å². The van der Waals surface area contributed by atoms with Crippen LogP contribution in [-0.2, 0) is 6.18 Å². The van der Waals surface area contributed by atoms with Crippen LogP contribution in [0.5, 0.6) is 11.8 Å². The van der Waals surface area contributed by atoms with E-state index in [1.807, 2.05) is 4.90 Å². The number of aromatic nitrogens is 3. The van der Waals surface area contributed by atoms with Crippen molar-refractivity contribution < 1.29 is 40.6 Å². The SMILES string of the molecule is Cc1cc(N)nc(-c2c(Cl)c(O)c3c(NCC(F)F)nc(OC[C@@]45CCCN4C[C@H](F)C5)nc3c2F)c1C(F)(F)F. The number of aromatic hydroxyl groups is 1. The zero-order valence-electron chi connectivity index (χ0n) is 21.4. The Morgan fingerprint density at radius 3 is 2.71 bits per heavy atom. The normalized spacial score (nSPS) is 21.2. The standard InChI is InChI=1S/C25H24ClF7N6O2/c1-10-5-13(34)36-19(16(10)25(31,32)33)14-17(26)21(40)15-20(18(14)30)37-23(38-22(15)35-7-12(28)29)41-9-24-3-2-4-39(24)8-11(27)6-24/h5,11-12,40H,2-4,6-9H2,1H3,(H2,34,36)(H,35,37,38)/t11-,24+/m1/s1. The lowest BCUT2D eigenvalue weighted by Gasteiger charge is -2.30. The Morgan fingerprint density at radius 2 is 2.02 bits per heavy atom. The van der Waals surface area contributed by atoms with E-state index in [0.717, 1.165) is 19.4 Å². The third kappa shape index (κ3) is 5.25. The van der Waals surface area contributed by atoms with Crippen molar-refractivity contribution >= 4 is 34.1 Å². The maximum absolute atomic E-state index is 16.2. The number of nitrogens with two attached hydrogens (primary N) is 1. The molecule has 2 atom stereocenters. The number of ether oxygens (including phenoxy) is 1. The summed E-state index contributed by atoms with van der Waals surface area (Å²) in [4.78, 5) is 13.6. The molecule has 0 bridgehead atoms. The third-order valence-corrected chi connectivity index (χ3v) is 7.76. The van der Waals surface area contributed by atoms with Gasteiger partial charge in [0.05, 0.1) is 39.3 Å². The van der Waals surface area contributed by atoms with Crippen LogP contribution >= 0.6 is 11.6 Å². The second-order valence-electron chi connectivity index (χ2n) is 10.2. The lowest BCUT2D eigenvalue weighted by molar-refractivity contribution is -0.137. The van der Waals surface area contributed by atoms with Gasteiger partial charge in [-0.15, -0.1) is 0 Å². The van der Waals surface area contributed by atoms with Gasteiger partial charge in [0, 0.05) is 13.0 Å². The third-order valence-electron chi connectivity index (χ3n) is 7.39. The first-order chi connectivity index (χ1) is 19.2. The summed E-state index contributed by atoms with van der Waals surface area (Å²) < 4.78 is 104. The van der Waals surface area contributed by atoms with Crippen molar-refractivity contribution in [2.75, 3.05) is 37.3 Å². The summed E-state index contributed by atoms with van der Waals surface area (Å²) in [6.07, 6.45) is -7.44. The number of nitrogen functional groups attached to an aromatic ring is 1. The first kappa shape index (κ1) is 29.2. The highest BCUT2D eigenvalue weighted by Gasteiger charge is 2.49. The number of phenols is 1. The first-order valence-corrected chi connectivity index (χ1v) is 12.9. The molecule has 5 rings (SSSR count). The second-order valence-corrected chi connectivity index (χ2v) is 10.5. The van der Waals surface area contributed by atoms with Gasteiger partial charge in [0.1, 0.15) is 35.7 Å². The molecule has 2 aliphatic heterocycles. The number of hydrogen-bond donors (Lipinski definition) is 3. The molecule has 0 amide bonds. The molecule has 41 heavy (non-hydrogen) atoms. The van der Waals surface area contributed by atoms with E-state index in [1.165, 1.54) is 0 Å². The Balaban J connectivity index is 1.69. The van der Waals surface area contributed by atoms with E-state index >= 15 is 4.39 Å². The van der Waals surface area contributed by atoms with E-state index in [9.17, 15) is 31.4 Å². The van der Waals surface area contributed by atoms with Gasteiger partial charge in [-0.2, -0.15) is 23.1 Å². The molecule has 0 radical (unpaired) electrons. The molecular formula is C25H24ClF7N6O2. The highest BCUT2D eigenvalue weighted by Crippen LogP contribution is 2.48. The zero-order valence-corrected chi connectivity index (χ0v) is 22.2. The fourth-order valence-corrected chi connectivity index (χ4v) is 5.99. The van der Waals surface area contributed by atoms with Gasteiger partial charge in [0.25, 0.3) is 6.43 Å². The predicted molar refractivity (Wildman–Crippen MR) is 137 cm³/mol. The Bertz CT molecular complexity index is 1510. The molecule has 3 aromatic rings. The number of phenolic OH excluding ortho intramolecular Hbond substituents is 1. The van der Waals surface area contributed by atoms with Crippen molar-refractivity contribution in [3.05, 3.63) is 28.0 Å². The Morgan fingerprint density at radius 1 is 1.29 bits per heavy atom. The van der Waals surface area contributed by atoms with E-state index in [0.29, 0.717) is 13.0 Å². The lowest BCUT2D eigenvalue weighted by Crippen LogP contribution is -2.43. The van der Waals surface area contributed by atoms with E-state index in [2.05, 4.69) is 20.3 Å². The molecule has 2 aliphatic rings. The molecule has 4 N–H and O–H groups in total. The summed E-state index contributed by atoms with van der Waals surface area (Å²) in [7, 11) is 0. The fraction of sp³-hybridized carbons (Fsp3) is 0.480. The number of hydrogen-bond acceptors (Lipinski definition) is 8. The van der Waals surface area contributed by atoms with Crippen LogP contribution in [0.25, 0.3) is 22.2 Å². The van der Waals surface area contributed by atoms with Crippen LogP contribution in [0, 0.1) is 12.7 Å². The average molecular weight is 609 g/mol. The highest BCUT2D eigenvalue weighted by molar-refractivity contribution is 6.36. The zero-order chi connectivity index (χ0) is 29.9. The molecule has 2 saturated heterocycles. The number of anilines is 2. The van der Waals surface area contributed by atoms with Crippen LogP contribution in [0.4, 0.5) is 42.4 Å². The summed E-state index contributed by atoms with van der Waals surface area (Å²) in [5, 5.41) is 11.7. The topological polar surface area (TPSA) is 109 Å². The minimum Gasteiger partial charge on any atom is -0.506 e. The maximum Gasteiger partial charge on any atom is 0.418 e. The van der Waals surface area contributed by atoms with E-state index in [1.54, 1.807) is 0 Å². The highest BCUT2D eigenvalue weighted by atomic mass is 35.5. The Kier molecular flexibility index (Phi) is 7.47. The van der Waals surface area contributed by atoms with Gasteiger partial charge in [-0.3, -0.25) is 4.90 Å². The van der Waals surface area contributed by atoms with Crippen molar-refractivity contribution in [2.24, 2.45) is 0 Å². The number of nitrogens with zero attached hydrogens (tertiary/aromatic N) is 4. The van der Waals surface area contributed by atoms with Crippen LogP contribution in [0.2, 0.25) is 5.02 Å². The Hall–Kier alpha value is -3.33. The molecule has 2 aromatic heterocycles. The number of halogens is 8. The summed E-state index contributed by atoms with van der Waals surface area (Å²) in [5.74, 6) is -3.32. The molecule has 0 spiro atoms. The number of pyridine rings is 1.